The Balaban J connectivity index is 1.91. The van der Waals surface area contributed by atoms with Crippen molar-refractivity contribution < 1.29 is 4.79 Å². The van der Waals surface area contributed by atoms with Gasteiger partial charge in [0, 0.05) is 18.4 Å². The van der Waals surface area contributed by atoms with Gasteiger partial charge in [-0.3, -0.25) is 4.79 Å². The number of ketones is 1. The van der Waals surface area contributed by atoms with Crippen molar-refractivity contribution in [3.8, 4) is 16.9 Å². The lowest BCUT2D eigenvalue weighted by molar-refractivity contribution is 0.101. The van der Waals surface area contributed by atoms with Gasteiger partial charge in [0.1, 0.15) is 0 Å². The summed E-state index contributed by atoms with van der Waals surface area (Å²) in [6.45, 7) is 2.19. The van der Waals surface area contributed by atoms with Crippen molar-refractivity contribution in [2.75, 3.05) is 5.32 Å². The minimum absolute atomic E-state index is 0.0661. The normalized spacial score (nSPS) is 10.8. The molecule has 3 aromatic carbocycles. The molecular weight excluding hydrogens is 598 g/mol. The minimum atomic E-state index is 0.0661. The van der Waals surface area contributed by atoms with Crippen LogP contribution in [0.15, 0.2) is 84.9 Å². The SMILES string of the molecule is CC(=O)c1cc(-c2ccccc2)n(-c2ccccc2I)c1CNc1ccccc1I. The molecule has 1 N–H and O–H groups in total. The summed E-state index contributed by atoms with van der Waals surface area (Å²) in [6.07, 6.45) is 0. The fourth-order valence-corrected chi connectivity index (χ4v) is 4.75. The van der Waals surface area contributed by atoms with E-state index in [1.54, 1.807) is 6.92 Å². The van der Waals surface area contributed by atoms with E-state index in [4.69, 9.17) is 0 Å². The van der Waals surface area contributed by atoms with Crippen LogP contribution in [-0.2, 0) is 6.54 Å². The summed E-state index contributed by atoms with van der Waals surface area (Å²) < 4.78 is 4.50. The maximum Gasteiger partial charge on any atom is 0.161 e. The first-order valence-electron chi connectivity index (χ1n) is 9.60. The van der Waals surface area contributed by atoms with Crippen LogP contribution in [0.5, 0.6) is 0 Å². The van der Waals surface area contributed by atoms with Gasteiger partial charge in [0.2, 0.25) is 0 Å². The number of carbonyl (C=O) groups excluding carboxylic acids is 1. The van der Waals surface area contributed by atoms with Gasteiger partial charge < -0.3 is 9.88 Å². The zero-order chi connectivity index (χ0) is 21.1. The molecule has 0 aliphatic rings. The van der Waals surface area contributed by atoms with E-state index in [9.17, 15) is 4.79 Å². The Morgan fingerprint density at radius 3 is 2.17 bits per heavy atom. The fourth-order valence-electron chi connectivity index (χ4n) is 3.54. The number of halogens is 2. The molecule has 150 valence electrons. The van der Waals surface area contributed by atoms with Gasteiger partial charge in [0.25, 0.3) is 0 Å². The van der Waals surface area contributed by atoms with Gasteiger partial charge in [-0.1, -0.05) is 54.6 Å². The molecule has 0 radical (unpaired) electrons. The van der Waals surface area contributed by atoms with Crippen molar-refractivity contribution in [2.24, 2.45) is 0 Å². The molecule has 1 aromatic heterocycles. The highest BCUT2D eigenvalue weighted by Crippen LogP contribution is 2.33. The lowest BCUT2D eigenvalue weighted by Gasteiger charge is -2.17. The number of rotatable bonds is 6. The van der Waals surface area contributed by atoms with Crippen LogP contribution in [0.25, 0.3) is 16.9 Å². The minimum Gasteiger partial charge on any atom is -0.379 e. The average Bonchev–Trinajstić information content (AvgIpc) is 3.14. The Hall–Kier alpha value is -2.13. The molecule has 0 bridgehead atoms. The van der Waals surface area contributed by atoms with Crippen molar-refractivity contribution in [3.05, 3.63) is 103 Å². The van der Waals surface area contributed by atoms with E-state index in [1.807, 2.05) is 48.5 Å². The Morgan fingerprint density at radius 2 is 1.50 bits per heavy atom. The van der Waals surface area contributed by atoms with Gasteiger partial charge in [-0.05, 0) is 88.0 Å². The van der Waals surface area contributed by atoms with E-state index in [1.165, 1.54) is 0 Å². The van der Waals surface area contributed by atoms with Crippen molar-refractivity contribution in [1.29, 1.82) is 0 Å². The Kier molecular flexibility index (Phi) is 6.58. The first-order valence-corrected chi connectivity index (χ1v) is 11.8. The number of Topliss-reactive ketones (excluding diaryl/α,β-unsaturated/α-hetero) is 1. The van der Waals surface area contributed by atoms with Crippen LogP contribution in [0, 0.1) is 7.14 Å². The second kappa shape index (κ2) is 9.34. The number of nitrogens with one attached hydrogen (secondary N) is 1. The number of aromatic nitrogens is 1. The smallest absolute Gasteiger partial charge is 0.161 e. The van der Waals surface area contributed by atoms with Gasteiger partial charge in [-0.2, -0.15) is 0 Å². The molecule has 0 amide bonds. The lowest BCUT2D eigenvalue weighted by Crippen LogP contribution is -2.12. The van der Waals surface area contributed by atoms with Crippen LogP contribution in [0.4, 0.5) is 5.69 Å². The van der Waals surface area contributed by atoms with E-state index in [0.29, 0.717) is 6.54 Å². The van der Waals surface area contributed by atoms with Crippen molar-refractivity contribution in [3.63, 3.8) is 0 Å². The summed E-state index contributed by atoms with van der Waals surface area (Å²) in [5, 5.41) is 3.54. The predicted molar refractivity (Wildman–Crippen MR) is 140 cm³/mol. The molecule has 0 aliphatic carbocycles. The zero-order valence-electron chi connectivity index (χ0n) is 16.4. The molecule has 0 unspecified atom stereocenters. The number of hydrogen-bond donors (Lipinski definition) is 1. The molecule has 4 aromatic rings. The highest BCUT2D eigenvalue weighted by atomic mass is 127. The number of benzene rings is 3. The molecule has 0 saturated carbocycles. The molecule has 1 heterocycles. The molecule has 4 rings (SSSR count). The molecule has 0 saturated heterocycles. The number of anilines is 1. The summed E-state index contributed by atoms with van der Waals surface area (Å²) in [7, 11) is 0. The van der Waals surface area contributed by atoms with E-state index in [0.717, 1.165) is 41.0 Å². The lowest BCUT2D eigenvalue weighted by atomic mass is 10.1. The first kappa shape index (κ1) is 21.1. The Labute approximate surface area is 203 Å². The van der Waals surface area contributed by atoms with Crippen LogP contribution in [0.3, 0.4) is 0 Å². The molecule has 5 heteroatoms. The highest BCUT2D eigenvalue weighted by Gasteiger charge is 2.21. The third-order valence-electron chi connectivity index (χ3n) is 4.97. The predicted octanol–water partition coefficient (Wildman–Crippen LogP) is 7.17. The summed E-state index contributed by atoms with van der Waals surface area (Å²) in [6, 6.07) is 28.7. The topological polar surface area (TPSA) is 34.0 Å². The number of para-hydroxylation sites is 2. The van der Waals surface area contributed by atoms with Crippen LogP contribution in [0.2, 0.25) is 0 Å². The standard InChI is InChI=1S/C25H20I2N2O/c1-17(30)19-15-24(18-9-3-2-4-10-18)29(23-14-8-6-12-21(23)27)25(19)16-28-22-13-7-5-11-20(22)26/h2-15,28H,16H2,1H3. The Morgan fingerprint density at radius 1 is 0.867 bits per heavy atom. The van der Waals surface area contributed by atoms with Crippen molar-refractivity contribution in [1.82, 2.24) is 4.57 Å². The maximum absolute atomic E-state index is 12.6. The molecule has 3 nitrogen and oxygen atoms in total. The Bertz CT molecular complexity index is 1200. The van der Waals surface area contributed by atoms with Crippen LogP contribution >= 0.6 is 45.2 Å². The summed E-state index contributed by atoms with van der Waals surface area (Å²) in [4.78, 5) is 12.6. The zero-order valence-corrected chi connectivity index (χ0v) is 20.7. The summed E-state index contributed by atoms with van der Waals surface area (Å²) in [5.74, 6) is 0.0661. The number of nitrogens with zero attached hydrogens (tertiary/aromatic N) is 1. The van der Waals surface area contributed by atoms with E-state index in [-0.39, 0.29) is 5.78 Å². The largest absolute Gasteiger partial charge is 0.379 e. The van der Waals surface area contributed by atoms with E-state index in [2.05, 4.69) is 91.5 Å². The maximum atomic E-state index is 12.6. The van der Waals surface area contributed by atoms with Crippen molar-refractivity contribution >= 4 is 56.7 Å². The highest BCUT2D eigenvalue weighted by molar-refractivity contribution is 14.1. The molecule has 30 heavy (non-hydrogen) atoms. The fraction of sp³-hybridized carbons (Fsp3) is 0.0800. The van der Waals surface area contributed by atoms with Gasteiger partial charge >= 0.3 is 0 Å². The third-order valence-corrected chi connectivity index (χ3v) is 6.82. The second-order valence-electron chi connectivity index (χ2n) is 6.93. The monoisotopic (exact) mass is 618 g/mol. The van der Waals surface area contributed by atoms with E-state index < -0.39 is 0 Å². The molecule has 0 atom stereocenters. The quantitative estimate of drug-likeness (QED) is 0.184. The number of carbonyl (C=O) groups is 1. The van der Waals surface area contributed by atoms with Gasteiger partial charge in [-0.15, -0.1) is 0 Å². The first-order chi connectivity index (χ1) is 14.6. The summed E-state index contributed by atoms with van der Waals surface area (Å²) >= 11 is 4.69. The van der Waals surface area contributed by atoms with Crippen LogP contribution in [-0.4, -0.2) is 10.4 Å². The molecule has 0 aliphatic heterocycles. The molecule has 0 spiro atoms. The van der Waals surface area contributed by atoms with Gasteiger partial charge in [0.15, 0.2) is 5.78 Å². The van der Waals surface area contributed by atoms with Gasteiger partial charge in [0.05, 0.1) is 23.6 Å². The van der Waals surface area contributed by atoms with Gasteiger partial charge in [-0.25, -0.2) is 0 Å². The van der Waals surface area contributed by atoms with E-state index >= 15 is 0 Å². The molecule has 0 fully saturated rings. The van der Waals surface area contributed by atoms with Crippen LogP contribution in [0.1, 0.15) is 23.0 Å². The third kappa shape index (κ3) is 4.32. The average molecular weight is 618 g/mol. The summed E-state index contributed by atoms with van der Waals surface area (Å²) in [5.41, 5.74) is 5.94. The van der Waals surface area contributed by atoms with Crippen molar-refractivity contribution in [2.45, 2.75) is 13.5 Å². The van der Waals surface area contributed by atoms with Crippen LogP contribution < -0.4 is 5.32 Å². The molecular formula is C25H20I2N2O. The second-order valence-corrected chi connectivity index (χ2v) is 9.26. The number of hydrogen-bond acceptors (Lipinski definition) is 2.